The second kappa shape index (κ2) is 17.5. The normalized spacial score (nSPS) is 49.8. The Balaban J connectivity index is 2.21. The van der Waals surface area contributed by atoms with E-state index in [9.17, 15) is 35.5 Å². The van der Waals surface area contributed by atoms with Crippen molar-refractivity contribution >= 4 is 11.7 Å². The molecule has 0 amide bonds. The summed E-state index contributed by atoms with van der Waals surface area (Å²) in [5.41, 5.74) is -4.68. The summed E-state index contributed by atoms with van der Waals surface area (Å²) in [5.74, 6) is -4.24. The van der Waals surface area contributed by atoms with Gasteiger partial charge in [0.1, 0.15) is 23.9 Å². The maximum absolute atomic E-state index is 14.1. The predicted molar refractivity (Wildman–Crippen MR) is 190 cm³/mol. The van der Waals surface area contributed by atoms with Gasteiger partial charge in [0.25, 0.3) is 0 Å². The average molecular weight is 749 g/mol. The standard InChI is InChI=1S/C37H68N2O13/c1-14-25-37(10,45)30(41)20(4)27(38-46)18(2)16-35(8,44)32(52-34-28(40)24(39(11)12)15-19(3)48-34)21(5)29(22(6)33(43)50-25)51-26-17-36(9,47-13)31(42)23(7)49-26/h18-26,28-32,34,40-42,44-46H,14-17H2,1-13H3/b38-27+/t18-,19-,20+,21+,22-,23+,24+,25?,26+,28-,29?,30-,31+,32-,34+,35-,36-,37-/m1/s1. The largest absolute Gasteiger partial charge is 0.459 e. The Labute approximate surface area is 309 Å². The number of hydrogen-bond acceptors (Lipinski definition) is 15. The lowest BCUT2D eigenvalue weighted by Crippen LogP contribution is -2.61. The van der Waals surface area contributed by atoms with Gasteiger partial charge in [-0.1, -0.05) is 32.9 Å². The Morgan fingerprint density at radius 2 is 1.54 bits per heavy atom. The zero-order chi connectivity index (χ0) is 39.7. The fourth-order valence-electron chi connectivity index (χ4n) is 8.61. The van der Waals surface area contributed by atoms with Crippen LogP contribution in [0.2, 0.25) is 0 Å². The number of carbonyl (C=O) groups is 1. The maximum atomic E-state index is 14.1. The lowest BCUT2D eigenvalue weighted by Gasteiger charge is -2.49. The highest BCUT2D eigenvalue weighted by Gasteiger charge is 2.53. The second-order valence-electron chi connectivity index (χ2n) is 16.6. The minimum Gasteiger partial charge on any atom is -0.459 e. The van der Waals surface area contributed by atoms with Gasteiger partial charge in [-0.3, -0.25) is 4.79 Å². The summed E-state index contributed by atoms with van der Waals surface area (Å²) in [6.07, 6.45) is -9.51. The molecular weight excluding hydrogens is 680 g/mol. The first kappa shape index (κ1) is 44.9. The Kier molecular flexibility index (Phi) is 15.1. The Morgan fingerprint density at radius 1 is 0.923 bits per heavy atom. The molecular formula is C37H68N2O13. The van der Waals surface area contributed by atoms with Crippen LogP contribution in [0.3, 0.4) is 0 Å². The average Bonchev–Trinajstić information content (AvgIpc) is 3.06. The lowest BCUT2D eigenvalue weighted by atomic mass is 9.73. The molecule has 18 atom stereocenters. The van der Waals surface area contributed by atoms with Crippen LogP contribution in [0.25, 0.3) is 0 Å². The van der Waals surface area contributed by atoms with Crippen LogP contribution in [0.1, 0.15) is 94.9 Å². The minimum atomic E-state index is -1.97. The molecule has 0 saturated carbocycles. The van der Waals surface area contributed by atoms with Crippen molar-refractivity contribution in [2.45, 2.75) is 179 Å². The monoisotopic (exact) mass is 748 g/mol. The summed E-state index contributed by atoms with van der Waals surface area (Å²) in [7, 11) is 5.19. The topological polar surface area (TPSA) is 209 Å². The van der Waals surface area contributed by atoms with Crippen molar-refractivity contribution < 1.29 is 64.0 Å². The molecule has 3 aliphatic heterocycles. The Bertz CT molecular complexity index is 1200. The highest BCUT2D eigenvalue weighted by molar-refractivity contribution is 5.88. The van der Waals surface area contributed by atoms with E-state index in [1.54, 1.807) is 55.4 Å². The number of likely N-dealkylation sites (N-methyl/N-ethyl adjacent to an activating group) is 1. The van der Waals surface area contributed by atoms with Crippen molar-refractivity contribution in [3.63, 3.8) is 0 Å². The third-order valence-corrected chi connectivity index (χ3v) is 12.0. The van der Waals surface area contributed by atoms with Crippen LogP contribution in [0.5, 0.6) is 0 Å². The SMILES string of the molecule is CCC1OC(=O)[C@H](C)C(O[C@H]2C[C@@](C)(OC)[C@@H](O)[C@H](C)O2)[C@H](C)[C@@H](O[C@@H]2O[C@H](C)C[C@H](N(C)C)[C@H]2O)[C@](C)(O)C[C@@H](C)/C(=N\O)[C@H](C)[C@@H](O)[C@]1(C)O. The molecule has 0 bridgehead atoms. The van der Waals surface area contributed by atoms with Crippen molar-refractivity contribution in [2.75, 3.05) is 21.2 Å². The third kappa shape index (κ3) is 9.47. The van der Waals surface area contributed by atoms with Crippen molar-refractivity contribution in [3.8, 4) is 0 Å². The summed E-state index contributed by atoms with van der Waals surface area (Å²) in [6, 6.07) is -0.322. The van der Waals surface area contributed by atoms with Gasteiger partial charge in [0, 0.05) is 37.3 Å². The fraction of sp³-hybridized carbons (Fsp3) is 0.946. The summed E-state index contributed by atoms with van der Waals surface area (Å²) in [4.78, 5) is 16.0. The van der Waals surface area contributed by atoms with E-state index in [0.29, 0.717) is 6.42 Å². The van der Waals surface area contributed by atoms with Crippen LogP contribution in [0.4, 0.5) is 0 Å². The summed E-state index contributed by atoms with van der Waals surface area (Å²) in [5, 5.41) is 71.8. The fourth-order valence-corrected chi connectivity index (χ4v) is 8.61. The predicted octanol–water partition coefficient (Wildman–Crippen LogP) is 2.05. The van der Waals surface area contributed by atoms with Gasteiger partial charge in [-0.2, -0.15) is 0 Å². The molecule has 15 heteroatoms. The van der Waals surface area contributed by atoms with Crippen LogP contribution in [-0.4, -0.2) is 153 Å². The van der Waals surface area contributed by atoms with Crippen molar-refractivity contribution in [3.05, 3.63) is 0 Å². The van der Waals surface area contributed by atoms with E-state index in [1.807, 2.05) is 25.9 Å². The van der Waals surface area contributed by atoms with Crippen molar-refractivity contribution in [1.29, 1.82) is 0 Å². The number of rotatable bonds is 7. The molecule has 6 N–H and O–H groups in total. The van der Waals surface area contributed by atoms with E-state index in [-0.39, 0.29) is 37.1 Å². The van der Waals surface area contributed by atoms with E-state index in [0.717, 1.165) is 0 Å². The van der Waals surface area contributed by atoms with Gasteiger partial charge < -0.3 is 64.1 Å². The number of cyclic esters (lactones) is 1. The highest BCUT2D eigenvalue weighted by Crippen LogP contribution is 2.41. The molecule has 15 nitrogen and oxygen atoms in total. The molecule has 3 rings (SSSR count). The first-order chi connectivity index (χ1) is 24.0. The summed E-state index contributed by atoms with van der Waals surface area (Å²) in [6.45, 7) is 16.6. The van der Waals surface area contributed by atoms with Gasteiger partial charge in [0.05, 0.1) is 53.4 Å². The molecule has 3 aliphatic rings. The van der Waals surface area contributed by atoms with E-state index in [4.69, 9.17) is 28.4 Å². The van der Waals surface area contributed by atoms with E-state index >= 15 is 0 Å². The molecule has 52 heavy (non-hydrogen) atoms. The number of nitrogens with zero attached hydrogens (tertiary/aromatic N) is 2. The molecule has 0 aliphatic carbocycles. The van der Waals surface area contributed by atoms with Crippen LogP contribution in [0, 0.1) is 23.7 Å². The first-order valence-electron chi connectivity index (χ1n) is 18.7. The molecule has 3 heterocycles. The maximum Gasteiger partial charge on any atom is 0.311 e. The number of aliphatic hydroxyl groups is 5. The number of esters is 1. The number of ether oxygens (including phenoxy) is 6. The minimum absolute atomic E-state index is 0.0657. The zero-order valence-electron chi connectivity index (χ0n) is 33.4. The first-order valence-corrected chi connectivity index (χ1v) is 18.7. The number of carbonyl (C=O) groups excluding carboxylic acids is 1. The number of aliphatic hydroxyl groups excluding tert-OH is 3. The van der Waals surface area contributed by atoms with Crippen LogP contribution in [0.15, 0.2) is 5.16 Å². The summed E-state index contributed by atoms with van der Waals surface area (Å²) >= 11 is 0. The molecule has 0 radical (unpaired) electrons. The lowest BCUT2D eigenvalue weighted by molar-refractivity contribution is -0.317. The Hall–Kier alpha value is -1.50. The molecule has 0 aromatic heterocycles. The molecule has 3 fully saturated rings. The van der Waals surface area contributed by atoms with Gasteiger partial charge in [-0.05, 0) is 74.9 Å². The molecule has 0 spiro atoms. The Morgan fingerprint density at radius 3 is 2.08 bits per heavy atom. The van der Waals surface area contributed by atoms with E-state index in [2.05, 4.69) is 5.16 Å². The number of hydrogen-bond donors (Lipinski definition) is 6. The zero-order valence-corrected chi connectivity index (χ0v) is 33.4. The highest BCUT2D eigenvalue weighted by atomic mass is 16.7. The smallest absolute Gasteiger partial charge is 0.311 e. The number of methoxy groups -OCH3 is 1. The van der Waals surface area contributed by atoms with Crippen molar-refractivity contribution in [1.82, 2.24) is 4.90 Å². The van der Waals surface area contributed by atoms with Crippen molar-refractivity contribution in [2.24, 2.45) is 28.8 Å². The van der Waals surface area contributed by atoms with Gasteiger partial charge in [-0.25, -0.2) is 0 Å². The second-order valence-corrected chi connectivity index (χ2v) is 16.6. The van der Waals surface area contributed by atoms with Crippen LogP contribution in [-0.2, 0) is 33.2 Å². The van der Waals surface area contributed by atoms with Gasteiger partial charge in [0.2, 0.25) is 0 Å². The van der Waals surface area contributed by atoms with E-state index < -0.39 is 102 Å². The molecule has 3 saturated heterocycles. The molecule has 0 aromatic carbocycles. The van der Waals surface area contributed by atoms with Crippen LogP contribution < -0.4 is 0 Å². The van der Waals surface area contributed by atoms with Gasteiger partial charge >= 0.3 is 5.97 Å². The quantitative estimate of drug-likeness (QED) is 0.125. The van der Waals surface area contributed by atoms with Gasteiger partial charge in [0.15, 0.2) is 12.6 Å². The molecule has 2 unspecified atom stereocenters. The molecule has 0 aromatic rings. The molecule has 304 valence electrons. The van der Waals surface area contributed by atoms with E-state index in [1.165, 1.54) is 14.0 Å². The third-order valence-electron chi connectivity index (χ3n) is 12.0. The number of oxime groups is 1. The summed E-state index contributed by atoms with van der Waals surface area (Å²) < 4.78 is 37.2. The van der Waals surface area contributed by atoms with Crippen LogP contribution >= 0.6 is 0 Å². The van der Waals surface area contributed by atoms with Gasteiger partial charge in [-0.15, -0.1) is 0 Å².